The number of carboxylic acid groups (broad SMARTS) is 1. The van der Waals surface area contributed by atoms with Crippen LogP contribution in [0, 0.1) is 13.8 Å². The molecule has 7 heteroatoms. The molecule has 0 bridgehead atoms. The number of hydrogen-bond donors (Lipinski definition) is 2. The summed E-state index contributed by atoms with van der Waals surface area (Å²) in [5.41, 5.74) is 1.46. The molecule has 2 N–H and O–H groups in total. The van der Waals surface area contributed by atoms with Gasteiger partial charge in [0.2, 0.25) is 0 Å². The Hall–Kier alpha value is -2.54. The van der Waals surface area contributed by atoms with E-state index in [0.29, 0.717) is 23.5 Å². The molecule has 128 valence electrons. The number of nitrogens with one attached hydrogen (secondary N) is 1. The van der Waals surface area contributed by atoms with Crippen LogP contribution >= 0.6 is 0 Å². The van der Waals surface area contributed by atoms with E-state index < -0.39 is 16.0 Å². The van der Waals surface area contributed by atoms with Gasteiger partial charge in [-0.15, -0.1) is 0 Å². The molecule has 0 aliphatic carbocycles. The van der Waals surface area contributed by atoms with E-state index in [4.69, 9.17) is 9.84 Å². The molecule has 0 aliphatic heterocycles. The highest BCUT2D eigenvalue weighted by molar-refractivity contribution is 7.92. The highest BCUT2D eigenvalue weighted by Crippen LogP contribution is 2.27. The van der Waals surface area contributed by atoms with E-state index in [1.54, 1.807) is 26.0 Å². The Morgan fingerprint density at radius 1 is 1.17 bits per heavy atom. The second-order valence-electron chi connectivity index (χ2n) is 5.31. The van der Waals surface area contributed by atoms with Crippen LogP contribution < -0.4 is 9.46 Å². The molecule has 0 unspecified atom stereocenters. The maximum Gasteiger partial charge on any atom is 0.335 e. The summed E-state index contributed by atoms with van der Waals surface area (Å²) in [4.78, 5) is 11.1. The molecule has 0 aromatic heterocycles. The maximum absolute atomic E-state index is 12.6. The van der Waals surface area contributed by atoms with Crippen LogP contribution in [-0.4, -0.2) is 26.1 Å². The van der Waals surface area contributed by atoms with Crippen LogP contribution in [0.15, 0.2) is 41.3 Å². The number of sulfonamides is 1. The molecule has 0 saturated carbocycles. The first-order chi connectivity index (χ1) is 11.2. The van der Waals surface area contributed by atoms with Crippen LogP contribution in [0.3, 0.4) is 0 Å². The molecule has 2 aromatic carbocycles. The summed E-state index contributed by atoms with van der Waals surface area (Å²) in [5, 5.41) is 9.00. The molecule has 6 nitrogen and oxygen atoms in total. The zero-order valence-corrected chi connectivity index (χ0v) is 14.5. The highest BCUT2D eigenvalue weighted by Gasteiger charge is 2.19. The van der Waals surface area contributed by atoms with Crippen LogP contribution in [0.4, 0.5) is 5.69 Å². The van der Waals surface area contributed by atoms with Crippen molar-refractivity contribution in [1.82, 2.24) is 0 Å². The van der Waals surface area contributed by atoms with E-state index >= 15 is 0 Å². The van der Waals surface area contributed by atoms with E-state index in [-0.39, 0.29) is 16.1 Å². The number of aromatic carboxylic acids is 1. The second kappa shape index (κ2) is 6.92. The normalized spacial score (nSPS) is 11.1. The lowest BCUT2D eigenvalue weighted by molar-refractivity contribution is 0.0697. The monoisotopic (exact) mass is 349 g/mol. The lowest BCUT2D eigenvalue weighted by Crippen LogP contribution is -2.15. The molecular formula is C17H19NO5S. The van der Waals surface area contributed by atoms with Crippen molar-refractivity contribution in [1.29, 1.82) is 0 Å². The summed E-state index contributed by atoms with van der Waals surface area (Å²) >= 11 is 0. The van der Waals surface area contributed by atoms with Crippen LogP contribution in [0.5, 0.6) is 5.75 Å². The van der Waals surface area contributed by atoms with Gasteiger partial charge in [-0.3, -0.25) is 4.72 Å². The third-order valence-electron chi connectivity index (χ3n) is 3.42. The molecule has 0 fully saturated rings. The van der Waals surface area contributed by atoms with Gasteiger partial charge in [0.25, 0.3) is 10.0 Å². The third kappa shape index (κ3) is 3.86. The Labute approximate surface area is 141 Å². The van der Waals surface area contributed by atoms with Crippen LogP contribution in [-0.2, 0) is 10.0 Å². The minimum Gasteiger partial charge on any atom is -0.494 e. The Morgan fingerprint density at radius 3 is 2.50 bits per heavy atom. The number of aryl methyl sites for hydroxylation is 2. The molecule has 0 atom stereocenters. The first-order valence-corrected chi connectivity index (χ1v) is 8.83. The van der Waals surface area contributed by atoms with Crippen molar-refractivity contribution >= 4 is 21.7 Å². The fourth-order valence-electron chi connectivity index (χ4n) is 2.29. The average Bonchev–Trinajstić information content (AvgIpc) is 2.50. The number of anilines is 1. The highest BCUT2D eigenvalue weighted by atomic mass is 32.2. The van der Waals surface area contributed by atoms with E-state index in [1.807, 2.05) is 6.92 Å². The first kappa shape index (κ1) is 17.8. The Bertz CT molecular complexity index is 875. The molecule has 2 rings (SSSR count). The summed E-state index contributed by atoms with van der Waals surface area (Å²) in [5.74, 6) is -0.481. The van der Waals surface area contributed by atoms with Crippen molar-refractivity contribution in [3.8, 4) is 5.75 Å². The number of rotatable bonds is 6. The summed E-state index contributed by atoms with van der Waals surface area (Å²) < 4.78 is 33.1. The molecular weight excluding hydrogens is 330 g/mol. The predicted molar refractivity (Wildman–Crippen MR) is 91.3 cm³/mol. The number of hydrogen-bond acceptors (Lipinski definition) is 4. The Kier molecular flexibility index (Phi) is 5.14. The van der Waals surface area contributed by atoms with Gasteiger partial charge in [0, 0.05) is 5.69 Å². The van der Waals surface area contributed by atoms with Crippen molar-refractivity contribution < 1.29 is 23.1 Å². The van der Waals surface area contributed by atoms with Crippen LogP contribution in [0.1, 0.15) is 28.4 Å². The van der Waals surface area contributed by atoms with E-state index in [1.165, 1.54) is 24.3 Å². The van der Waals surface area contributed by atoms with Gasteiger partial charge in [-0.2, -0.15) is 0 Å². The minimum absolute atomic E-state index is 0.00907. The fraction of sp³-hybridized carbons (Fsp3) is 0.235. The van der Waals surface area contributed by atoms with E-state index in [2.05, 4.69) is 4.72 Å². The Morgan fingerprint density at radius 2 is 1.88 bits per heavy atom. The summed E-state index contributed by atoms with van der Waals surface area (Å²) in [6, 6.07) is 8.88. The number of benzene rings is 2. The molecule has 0 spiro atoms. The Balaban J connectivity index is 2.39. The largest absolute Gasteiger partial charge is 0.494 e. The van der Waals surface area contributed by atoms with E-state index in [9.17, 15) is 13.2 Å². The van der Waals surface area contributed by atoms with Gasteiger partial charge in [0.05, 0.1) is 17.1 Å². The van der Waals surface area contributed by atoms with Gasteiger partial charge in [0.15, 0.2) is 0 Å². The number of carbonyl (C=O) groups is 1. The summed E-state index contributed by atoms with van der Waals surface area (Å²) in [6.45, 7) is 5.81. The minimum atomic E-state index is -3.84. The van der Waals surface area contributed by atoms with Crippen molar-refractivity contribution in [2.24, 2.45) is 0 Å². The molecule has 0 amide bonds. The molecule has 24 heavy (non-hydrogen) atoms. The fourth-order valence-corrected chi connectivity index (χ4v) is 3.65. The van der Waals surface area contributed by atoms with Gasteiger partial charge in [-0.05, 0) is 62.2 Å². The van der Waals surface area contributed by atoms with Crippen LogP contribution in [0.25, 0.3) is 0 Å². The predicted octanol–water partition coefficient (Wildman–Crippen LogP) is 3.20. The van der Waals surface area contributed by atoms with Gasteiger partial charge in [-0.25, -0.2) is 13.2 Å². The van der Waals surface area contributed by atoms with Crippen molar-refractivity contribution in [2.75, 3.05) is 11.3 Å². The van der Waals surface area contributed by atoms with Gasteiger partial charge in [-0.1, -0.05) is 6.07 Å². The lowest BCUT2D eigenvalue weighted by Gasteiger charge is -2.14. The maximum atomic E-state index is 12.6. The molecule has 2 aromatic rings. The smallest absolute Gasteiger partial charge is 0.335 e. The molecule has 0 heterocycles. The first-order valence-electron chi connectivity index (χ1n) is 7.35. The summed E-state index contributed by atoms with van der Waals surface area (Å²) in [7, 11) is -3.84. The molecule has 0 radical (unpaired) electrons. The average molecular weight is 349 g/mol. The van der Waals surface area contributed by atoms with Gasteiger partial charge in [0.1, 0.15) is 5.75 Å². The lowest BCUT2D eigenvalue weighted by atomic mass is 10.1. The van der Waals surface area contributed by atoms with Gasteiger partial charge < -0.3 is 9.84 Å². The summed E-state index contributed by atoms with van der Waals surface area (Å²) in [6.07, 6.45) is 0. The zero-order chi connectivity index (χ0) is 17.9. The number of ether oxygens (including phenoxy) is 1. The third-order valence-corrected chi connectivity index (χ3v) is 4.95. The van der Waals surface area contributed by atoms with Crippen LogP contribution in [0.2, 0.25) is 0 Å². The van der Waals surface area contributed by atoms with Crippen molar-refractivity contribution in [3.05, 3.63) is 53.1 Å². The zero-order valence-electron chi connectivity index (χ0n) is 13.7. The topological polar surface area (TPSA) is 92.7 Å². The second-order valence-corrected chi connectivity index (χ2v) is 6.96. The standard InChI is InChI=1S/C17H19NO5S/c1-4-23-15-8-12(3)16(9-11(15)2)24(21,22)18-14-7-5-6-13(10-14)17(19)20/h5-10,18H,4H2,1-3H3,(H,19,20). The van der Waals surface area contributed by atoms with Crippen molar-refractivity contribution in [2.45, 2.75) is 25.7 Å². The SMILES string of the molecule is CCOc1cc(C)c(S(=O)(=O)Nc2cccc(C(=O)O)c2)cc1C. The van der Waals surface area contributed by atoms with Crippen molar-refractivity contribution in [3.63, 3.8) is 0 Å². The number of carboxylic acids is 1. The quantitative estimate of drug-likeness (QED) is 0.835. The molecule has 0 saturated heterocycles. The molecule has 0 aliphatic rings. The van der Waals surface area contributed by atoms with E-state index in [0.717, 1.165) is 0 Å². The van der Waals surface area contributed by atoms with Gasteiger partial charge >= 0.3 is 5.97 Å².